The first-order valence-electron chi connectivity index (χ1n) is 24.6. The van der Waals surface area contributed by atoms with E-state index in [4.69, 9.17) is 15.0 Å². The summed E-state index contributed by atoms with van der Waals surface area (Å²) in [4.78, 5) is 27.7. The van der Waals surface area contributed by atoms with Crippen LogP contribution in [0.3, 0.4) is 0 Å². The molecule has 6 aromatic carbocycles. The van der Waals surface area contributed by atoms with E-state index in [1.54, 1.807) is 62.4 Å². The number of aryl methyl sites for hydroxylation is 2. The number of fused-ring (bicyclic) bond motifs is 2. The number of nitrogens with zero attached hydrogens (tertiary/aromatic N) is 11. The van der Waals surface area contributed by atoms with Gasteiger partial charge in [-0.15, -0.1) is 32.9 Å². The van der Waals surface area contributed by atoms with E-state index >= 15 is 0 Å². The fraction of sp³-hybridized carbons (Fsp3) is 0.226. The molecule has 0 saturated heterocycles. The minimum absolute atomic E-state index is 0.110. The van der Waals surface area contributed by atoms with Crippen molar-refractivity contribution in [2.24, 2.45) is 20.5 Å². The molecule has 0 aliphatic heterocycles. The van der Waals surface area contributed by atoms with E-state index in [0.717, 1.165) is 48.7 Å². The molecule has 9 aromatic rings. The lowest BCUT2D eigenvalue weighted by Gasteiger charge is -2.22. The summed E-state index contributed by atoms with van der Waals surface area (Å²) in [6, 6.07) is 32.7. The lowest BCUT2D eigenvalue weighted by molar-refractivity contribution is 0.322. The molecule has 20 nitrogen and oxygen atoms in total. The van der Waals surface area contributed by atoms with E-state index < -0.39 is 20.2 Å². The minimum atomic E-state index is -4.47. The van der Waals surface area contributed by atoms with Crippen LogP contribution in [0.15, 0.2) is 145 Å². The summed E-state index contributed by atoms with van der Waals surface area (Å²) in [7, 11) is -8.94. The van der Waals surface area contributed by atoms with Crippen molar-refractivity contribution in [3.8, 4) is 21.1 Å². The largest absolute Gasteiger partial charge is 0.396 e. The third kappa shape index (κ3) is 12.5. The number of benzene rings is 6. The van der Waals surface area contributed by atoms with Gasteiger partial charge in [-0.3, -0.25) is 9.11 Å². The molecule has 0 fully saturated rings. The number of hydrogen-bond donors (Lipinski definition) is 5. The van der Waals surface area contributed by atoms with Crippen LogP contribution in [-0.4, -0.2) is 94.5 Å². The lowest BCUT2D eigenvalue weighted by Crippen LogP contribution is -2.21. The highest BCUT2D eigenvalue weighted by atomic mass is 32.2. The molecule has 0 bridgehead atoms. The van der Waals surface area contributed by atoms with Crippen molar-refractivity contribution in [2.45, 2.75) is 56.5 Å². The quantitative estimate of drug-likeness (QED) is 0.0254. The summed E-state index contributed by atoms with van der Waals surface area (Å²) in [5.74, 6) is 0.700. The van der Waals surface area contributed by atoms with E-state index in [1.807, 2.05) is 60.7 Å². The lowest BCUT2D eigenvalue weighted by atomic mass is 10.2. The Hall–Kier alpha value is -7.36. The van der Waals surface area contributed by atoms with Crippen LogP contribution in [-0.2, 0) is 20.2 Å². The van der Waals surface area contributed by atoms with Crippen LogP contribution in [0.2, 0.25) is 0 Å². The average Bonchev–Trinajstić information content (AvgIpc) is 4.10. The number of thiazole rings is 2. The molecule has 5 N–H and O–H groups in total. The van der Waals surface area contributed by atoms with E-state index in [9.17, 15) is 31.0 Å². The van der Waals surface area contributed by atoms with Crippen LogP contribution in [0.4, 0.5) is 57.4 Å². The normalized spacial score (nSPS) is 12.1. The molecule has 9 rings (SSSR count). The van der Waals surface area contributed by atoms with Gasteiger partial charge in [0, 0.05) is 54.4 Å². The summed E-state index contributed by atoms with van der Waals surface area (Å²) in [5, 5.41) is 36.6. The molecule has 0 aliphatic carbocycles. The zero-order valence-corrected chi connectivity index (χ0v) is 47.2. The minimum Gasteiger partial charge on any atom is -0.396 e. The smallest absolute Gasteiger partial charge is 0.296 e. The van der Waals surface area contributed by atoms with Crippen molar-refractivity contribution in [1.29, 1.82) is 0 Å². The maximum atomic E-state index is 12.2. The van der Waals surface area contributed by atoms with Crippen LogP contribution in [0.1, 0.15) is 38.8 Å². The van der Waals surface area contributed by atoms with Gasteiger partial charge in [0.05, 0.1) is 49.8 Å². The number of hydrogen-bond acceptors (Lipinski definition) is 21. The molecular weight excluding hydrogens is 1090 g/mol. The first-order valence-corrected chi connectivity index (χ1v) is 30.1. The highest BCUT2D eigenvalue weighted by molar-refractivity contribution is 7.99. The van der Waals surface area contributed by atoms with E-state index in [1.165, 1.54) is 34.4 Å². The van der Waals surface area contributed by atoms with Crippen molar-refractivity contribution in [3.05, 3.63) is 120 Å². The summed E-state index contributed by atoms with van der Waals surface area (Å²) in [6.45, 7) is 14.4. The molecule has 0 saturated carbocycles. The third-order valence-corrected chi connectivity index (χ3v) is 17.8. The molecular formula is C53H53N13O7S5. The molecule has 0 atom stereocenters. The van der Waals surface area contributed by atoms with Crippen LogP contribution in [0, 0.1) is 13.8 Å². The highest BCUT2D eigenvalue weighted by Gasteiger charge is 2.23. The van der Waals surface area contributed by atoms with Crippen molar-refractivity contribution in [1.82, 2.24) is 24.9 Å². The number of rotatable bonds is 21. The molecule has 0 radical (unpaired) electrons. The van der Waals surface area contributed by atoms with Crippen molar-refractivity contribution < 1.29 is 31.0 Å². The zero-order valence-electron chi connectivity index (χ0n) is 43.1. The number of thioether (sulfide) groups is 1. The van der Waals surface area contributed by atoms with Crippen molar-refractivity contribution >= 4 is 133 Å². The van der Waals surface area contributed by atoms with Gasteiger partial charge in [-0.05, 0) is 150 Å². The van der Waals surface area contributed by atoms with Gasteiger partial charge in [0.25, 0.3) is 20.2 Å². The topological polar surface area (TPSA) is 273 Å². The fourth-order valence-electron chi connectivity index (χ4n) is 8.49. The molecule has 3 aromatic heterocycles. The van der Waals surface area contributed by atoms with E-state index in [-0.39, 0.29) is 28.3 Å². The first-order chi connectivity index (χ1) is 37.5. The predicted molar refractivity (Wildman–Crippen MR) is 312 cm³/mol. The predicted octanol–water partition coefficient (Wildman–Crippen LogP) is 13.6. The summed E-state index contributed by atoms with van der Waals surface area (Å²) < 4.78 is 69.6. The number of azo groups is 2. The maximum Gasteiger partial charge on any atom is 0.296 e. The molecule has 0 aliphatic rings. The summed E-state index contributed by atoms with van der Waals surface area (Å²) in [5.41, 5.74) is 8.26. The Morgan fingerprint density at radius 1 is 0.538 bits per heavy atom. The Labute approximate surface area is 463 Å². The van der Waals surface area contributed by atoms with E-state index in [0.29, 0.717) is 86.6 Å². The Morgan fingerprint density at radius 3 is 1.32 bits per heavy atom. The number of aliphatic hydroxyl groups is 1. The van der Waals surface area contributed by atoms with Crippen LogP contribution < -0.4 is 20.4 Å². The number of aliphatic hydroxyl groups excluding tert-OH is 1. The third-order valence-electron chi connectivity index (χ3n) is 12.4. The zero-order chi connectivity index (χ0) is 55.3. The molecule has 3 heterocycles. The fourth-order valence-corrected chi connectivity index (χ4v) is 13.7. The van der Waals surface area contributed by atoms with Gasteiger partial charge in [-0.1, -0.05) is 23.9 Å². The molecule has 402 valence electrons. The van der Waals surface area contributed by atoms with Gasteiger partial charge in [-0.25, -0.2) is 9.97 Å². The Balaban J connectivity index is 1.01. The average molecular weight is 1140 g/mol. The van der Waals surface area contributed by atoms with Crippen molar-refractivity contribution in [3.63, 3.8) is 0 Å². The second-order valence-corrected chi connectivity index (χ2v) is 23.2. The van der Waals surface area contributed by atoms with Gasteiger partial charge in [0.15, 0.2) is 5.16 Å². The van der Waals surface area contributed by atoms with Crippen LogP contribution >= 0.6 is 34.4 Å². The van der Waals surface area contributed by atoms with E-state index in [2.05, 4.69) is 78.6 Å². The Bertz CT molecular complexity index is 3710. The maximum absolute atomic E-state index is 12.2. The van der Waals surface area contributed by atoms with Crippen LogP contribution in [0.5, 0.6) is 0 Å². The molecule has 78 heavy (non-hydrogen) atoms. The van der Waals surface area contributed by atoms with Gasteiger partial charge < -0.3 is 25.5 Å². The highest BCUT2D eigenvalue weighted by Crippen LogP contribution is 2.40. The van der Waals surface area contributed by atoms with Gasteiger partial charge >= 0.3 is 0 Å². The Kier molecular flexibility index (Phi) is 16.8. The summed E-state index contributed by atoms with van der Waals surface area (Å²) >= 11 is 3.61. The van der Waals surface area contributed by atoms with Gasteiger partial charge in [0.2, 0.25) is 11.9 Å². The standard InChI is InChI=1S/C53H53N13O7S5/c1-7-65(8-2)37-21-25-39(63-61-35-17-13-33(14-18-35)49-54-41-23-11-31(5)47(45(41)75-49)77(68,69)70)43(29-37)56-51-58-52(60-53(59-51)74-28-27-67)57-44-30-38(66(9-3)10-4)22-26-40(44)64-62-36-19-15-34(16-20-36)50-55-42-24-12-32(6)48(46(42)76-50)78(71,72)73/h11-26,29-30,67H,7-10,27-28H2,1-6H3,(H,68,69,70)(H,71,72,73)(H2,56,57,58,59,60)/b63-61+,64-62+. The molecule has 0 spiro atoms. The second kappa shape index (κ2) is 23.7. The number of anilines is 6. The monoisotopic (exact) mass is 1140 g/mol. The van der Waals surface area contributed by atoms with Gasteiger partial charge in [0.1, 0.15) is 31.2 Å². The number of nitrogens with one attached hydrogen (secondary N) is 2. The molecule has 0 unspecified atom stereocenters. The Morgan fingerprint density at radius 2 is 0.949 bits per heavy atom. The van der Waals surface area contributed by atoms with Crippen molar-refractivity contribution in [2.75, 3.05) is 59.0 Å². The number of aromatic nitrogens is 5. The van der Waals surface area contributed by atoms with Gasteiger partial charge in [-0.2, -0.15) is 42.0 Å². The molecule has 25 heteroatoms. The SMILES string of the molecule is CCN(CC)c1ccc(/N=N/c2ccc(-c3nc4ccc(C)c(S(=O)(=O)O)c4s3)cc2)c(Nc2nc(Nc3cc(N(CC)CC)ccc3/N=N/c3ccc(-c4nc5ccc(C)c(S(=O)(=O)O)c5s4)cc3)nc(SCCO)n2)c1. The summed E-state index contributed by atoms with van der Waals surface area (Å²) in [6.07, 6.45) is 0. The second-order valence-electron chi connectivity index (χ2n) is 17.4. The molecule has 0 amide bonds. The first kappa shape index (κ1) is 55.4. The van der Waals surface area contributed by atoms with Crippen LogP contribution in [0.25, 0.3) is 41.6 Å².